The summed E-state index contributed by atoms with van der Waals surface area (Å²) in [6.07, 6.45) is 0. The molecule has 0 bridgehead atoms. The maximum atomic E-state index is 11.6. The van der Waals surface area contributed by atoms with Gasteiger partial charge in [-0.15, -0.1) is 11.3 Å². The lowest BCUT2D eigenvalue weighted by Crippen LogP contribution is -2.51. The summed E-state index contributed by atoms with van der Waals surface area (Å²) in [7, 11) is -3.35. The standard InChI is InChI=1S/C9H10ClNO4S2/c10-8-1-5(2-16-8)6-3-17(14,15)4-7(11-6)9(12)13/h1-2,6-7,11H,3-4H2,(H,12,13). The van der Waals surface area contributed by atoms with Crippen LogP contribution in [0, 0.1) is 0 Å². The molecule has 1 aromatic rings. The predicted molar refractivity (Wildman–Crippen MR) is 65.3 cm³/mol. The molecule has 8 heteroatoms. The molecule has 0 amide bonds. The van der Waals surface area contributed by atoms with Crippen LogP contribution in [-0.4, -0.2) is 37.0 Å². The Labute approximate surface area is 107 Å². The lowest BCUT2D eigenvalue weighted by atomic mass is 10.1. The van der Waals surface area contributed by atoms with Crippen LogP contribution in [0.25, 0.3) is 0 Å². The van der Waals surface area contributed by atoms with Gasteiger partial charge in [0.2, 0.25) is 0 Å². The highest BCUT2D eigenvalue weighted by atomic mass is 35.5. The zero-order chi connectivity index (χ0) is 12.6. The molecular weight excluding hydrogens is 286 g/mol. The van der Waals surface area contributed by atoms with Crippen molar-refractivity contribution in [3.05, 3.63) is 21.3 Å². The van der Waals surface area contributed by atoms with Crippen LogP contribution >= 0.6 is 22.9 Å². The van der Waals surface area contributed by atoms with Crippen LogP contribution in [0.3, 0.4) is 0 Å². The van der Waals surface area contributed by atoms with E-state index in [-0.39, 0.29) is 11.5 Å². The van der Waals surface area contributed by atoms with E-state index in [4.69, 9.17) is 16.7 Å². The van der Waals surface area contributed by atoms with Gasteiger partial charge in [-0.05, 0) is 17.0 Å². The highest BCUT2D eigenvalue weighted by Crippen LogP contribution is 2.28. The Morgan fingerprint density at radius 3 is 2.76 bits per heavy atom. The van der Waals surface area contributed by atoms with Crippen molar-refractivity contribution in [1.29, 1.82) is 0 Å². The fourth-order valence-corrected chi connectivity index (χ4v) is 4.38. The maximum Gasteiger partial charge on any atom is 0.321 e. The van der Waals surface area contributed by atoms with Crippen molar-refractivity contribution in [2.24, 2.45) is 0 Å². The van der Waals surface area contributed by atoms with Crippen molar-refractivity contribution < 1.29 is 18.3 Å². The minimum atomic E-state index is -3.35. The number of halogens is 1. The quantitative estimate of drug-likeness (QED) is 0.847. The molecule has 0 aliphatic carbocycles. The summed E-state index contributed by atoms with van der Waals surface area (Å²) in [5, 5.41) is 13.4. The second kappa shape index (κ2) is 4.56. The summed E-state index contributed by atoms with van der Waals surface area (Å²) in [6.45, 7) is 0. The van der Waals surface area contributed by atoms with Gasteiger partial charge in [-0.1, -0.05) is 11.6 Å². The van der Waals surface area contributed by atoms with Crippen LogP contribution in [0.5, 0.6) is 0 Å². The van der Waals surface area contributed by atoms with Crippen LogP contribution < -0.4 is 5.32 Å². The molecule has 2 atom stereocenters. The molecule has 1 saturated heterocycles. The van der Waals surface area contributed by atoms with Crippen molar-refractivity contribution in [2.75, 3.05) is 11.5 Å². The van der Waals surface area contributed by atoms with Gasteiger partial charge in [-0.2, -0.15) is 0 Å². The fourth-order valence-electron chi connectivity index (χ4n) is 1.76. The second-order valence-corrected chi connectivity index (χ2v) is 7.57. The third kappa shape index (κ3) is 2.98. The summed E-state index contributed by atoms with van der Waals surface area (Å²) < 4.78 is 23.8. The molecule has 1 aromatic heterocycles. The number of rotatable bonds is 2. The molecule has 1 aliphatic rings. The highest BCUT2D eigenvalue weighted by Gasteiger charge is 2.35. The Kier molecular flexibility index (Phi) is 3.44. The molecule has 2 rings (SSSR count). The smallest absolute Gasteiger partial charge is 0.321 e. The third-order valence-corrected chi connectivity index (χ3v) is 5.32. The van der Waals surface area contributed by atoms with E-state index in [9.17, 15) is 13.2 Å². The average Bonchev–Trinajstić information content (AvgIpc) is 2.62. The maximum absolute atomic E-state index is 11.6. The van der Waals surface area contributed by atoms with Crippen molar-refractivity contribution in [1.82, 2.24) is 5.32 Å². The number of carboxylic acid groups (broad SMARTS) is 1. The van der Waals surface area contributed by atoms with Gasteiger partial charge in [0.15, 0.2) is 9.84 Å². The molecule has 0 saturated carbocycles. The first-order valence-corrected chi connectivity index (χ1v) is 7.88. The minimum Gasteiger partial charge on any atom is -0.480 e. The SMILES string of the molecule is O=C(O)C1CS(=O)(=O)CC(c2csc(Cl)c2)N1. The number of sulfone groups is 1. The largest absolute Gasteiger partial charge is 0.480 e. The van der Waals surface area contributed by atoms with E-state index in [0.717, 1.165) is 5.56 Å². The second-order valence-electron chi connectivity index (χ2n) is 3.87. The first-order valence-electron chi connectivity index (χ1n) is 4.80. The third-order valence-electron chi connectivity index (χ3n) is 2.53. The molecule has 0 spiro atoms. The first kappa shape index (κ1) is 12.8. The predicted octanol–water partition coefficient (Wildman–Crippen LogP) is 0.914. The number of hydrogen-bond acceptors (Lipinski definition) is 5. The normalized spacial score (nSPS) is 27.8. The Morgan fingerprint density at radius 2 is 2.24 bits per heavy atom. The van der Waals surface area contributed by atoms with Gasteiger partial charge in [0, 0.05) is 6.04 Å². The molecule has 2 unspecified atom stereocenters. The van der Waals surface area contributed by atoms with E-state index in [1.807, 2.05) is 0 Å². The van der Waals surface area contributed by atoms with Crippen LogP contribution in [0.2, 0.25) is 4.34 Å². The Balaban J connectivity index is 2.27. The van der Waals surface area contributed by atoms with Crippen molar-refractivity contribution >= 4 is 38.7 Å². The molecule has 2 heterocycles. The molecule has 17 heavy (non-hydrogen) atoms. The van der Waals surface area contributed by atoms with Crippen LogP contribution in [-0.2, 0) is 14.6 Å². The highest BCUT2D eigenvalue weighted by molar-refractivity contribution is 7.91. The van der Waals surface area contributed by atoms with Gasteiger partial charge >= 0.3 is 5.97 Å². The van der Waals surface area contributed by atoms with Gasteiger partial charge in [0.25, 0.3) is 0 Å². The number of nitrogens with one attached hydrogen (secondary N) is 1. The van der Waals surface area contributed by atoms with Gasteiger partial charge in [-0.3, -0.25) is 10.1 Å². The van der Waals surface area contributed by atoms with Crippen LogP contribution in [0.4, 0.5) is 0 Å². The zero-order valence-corrected chi connectivity index (χ0v) is 11.0. The molecule has 5 nitrogen and oxygen atoms in total. The zero-order valence-electron chi connectivity index (χ0n) is 8.59. The molecule has 1 fully saturated rings. The summed E-state index contributed by atoms with van der Waals surface area (Å²) in [4.78, 5) is 10.9. The lowest BCUT2D eigenvalue weighted by molar-refractivity contribution is -0.139. The molecule has 0 aromatic carbocycles. The molecule has 2 N–H and O–H groups in total. The number of carbonyl (C=O) groups is 1. The summed E-state index contributed by atoms with van der Waals surface area (Å²) >= 11 is 7.07. The summed E-state index contributed by atoms with van der Waals surface area (Å²) in [5.41, 5.74) is 0.717. The van der Waals surface area contributed by atoms with Crippen molar-refractivity contribution in [2.45, 2.75) is 12.1 Å². The van der Waals surface area contributed by atoms with E-state index in [0.29, 0.717) is 4.34 Å². The molecule has 94 valence electrons. The number of carboxylic acids is 1. The van der Waals surface area contributed by atoms with E-state index < -0.39 is 27.9 Å². The number of aliphatic carboxylic acids is 1. The van der Waals surface area contributed by atoms with Gasteiger partial charge in [0.05, 0.1) is 15.8 Å². The van der Waals surface area contributed by atoms with E-state index in [1.54, 1.807) is 11.4 Å². The van der Waals surface area contributed by atoms with Crippen molar-refractivity contribution in [3.63, 3.8) is 0 Å². The van der Waals surface area contributed by atoms with Crippen LogP contribution in [0.15, 0.2) is 11.4 Å². The Morgan fingerprint density at radius 1 is 1.53 bits per heavy atom. The minimum absolute atomic E-state index is 0.0934. The summed E-state index contributed by atoms with van der Waals surface area (Å²) in [5.74, 6) is -1.61. The topological polar surface area (TPSA) is 83.5 Å². The molecule has 1 aliphatic heterocycles. The van der Waals surface area contributed by atoms with E-state index in [1.165, 1.54) is 11.3 Å². The van der Waals surface area contributed by atoms with E-state index >= 15 is 0 Å². The summed E-state index contributed by atoms with van der Waals surface area (Å²) in [6, 6.07) is 0.0972. The van der Waals surface area contributed by atoms with Crippen LogP contribution in [0.1, 0.15) is 11.6 Å². The van der Waals surface area contributed by atoms with Gasteiger partial charge in [-0.25, -0.2) is 8.42 Å². The first-order chi connectivity index (χ1) is 7.87. The number of thiophene rings is 1. The Hall–Kier alpha value is -0.630. The van der Waals surface area contributed by atoms with Gasteiger partial charge in [0.1, 0.15) is 6.04 Å². The van der Waals surface area contributed by atoms with Crippen molar-refractivity contribution in [3.8, 4) is 0 Å². The lowest BCUT2D eigenvalue weighted by Gasteiger charge is -2.28. The average molecular weight is 296 g/mol. The van der Waals surface area contributed by atoms with E-state index in [2.05, 4.69) is 5.32 Å². The molecular formula is C9H10ClNO4S2. The molecule has 0 radical (unpaired) electrons. The van der Waals surface area contributed by atoms with Gasteiger partial charge < -0.3 is 5.11 Å². The Bertz CT molecular complexity index is 539. The fraction of sp³-hybridized carbons (Fsp3) is 0.444. The monoisotopic (exact) mass is 295 g/mol. The number of hydrogen-bond donors (Lipinski definition) is 2.